The Morgan fingerprint density at radius 3 is 2.69 bits per heavy atom. The Hall–Kier alpha value is -2.25. The van der Waals surface area contributed by atoms with E-state index in [2.05, 4.69) is 17.2 Å². The molecule has 0 atom stereocenters. The average Bonchev–Trinajstić information content (AvgIpc) is 3.28. The predicted molar refractivity (Wildman–Crippen MR) is 103 cm³/mol. The molecule has 0 spiro atoms. The van der Waals surface area contributed by atoms with Crippen molar-refractivity contribution in [1.29, 1.82) is 0 Å². The molecule has 3 heterocycles. The fraction of sp³-hybridized carbons (Fsp3) is 0.421. The third-order valence-corrected chi connectivity index (χ3v) is 5.84. The molecule has 7 heteroatoms. The summed E-state index contributed by atoms with van der Waals surface area (Å²) in [4.78, 5) is 17.7. The van der Waals surface area contributed by atoms with Gasteiger partial charge in [0.05, 0.1) is 22.9 Å². The molecule has 4 rings (SSSR count). The Morgan fingerprint density at radius 1 is 1.23 bits per heavy atom. The van der Waals surface area contributed by atoms with Crippen molar-refractivity contribution in [2.45, 2.75) is 38.6 Å². The summed E-state index contributed by atoms with van der Waals surface area (Å²) in [6, 6.07) is 9.81. The molecule has 6 nitrogen and oxygen atoms in total. The number of para-hydroxylation sites is 1. The van der Waals surface area contributed by atoms with Crippen molar-refractivity contribution in [3.8, 4) is 5.69 Å². The zero-order chi connectivity index (χ0) is 17.9. The summed E-state index contributed by atoms with van der Waals surface area (Å²) in [7, 11) is 0. The minimum atomic E-state index is -0.0872. The van der Waals surface area contributed by atoms with Crippen molar-refractivity contribution >= 4 is 11.3 Å². The number of rotatable bonds is 5. The monoisotopic (exact) mass is 369 g/mol. The van der Waals surface area contributed by atoms with E-state index in [-0.39, 0.29) is 5.69 Å². The number of aryl methyl sites for hydroxylation is 1. The third kappa shape index (κ3) is 3.37. The van der Waals surface area contributed by atoms with Crippen molar-refractivity contribution < 1.29 is 0 Å². The van der Waals surface area contributed by atoms with Crippen molar-refractivity contribution in [2.24, 2.45) is 0 Å². The van der Waals surface area contributed by atoms with Gasteiger partial charge in [0.1, 0.15) is 5.82 Å². The summed E-state index contributed by atoms with van der Waals surface area (Å²) in [5.41, 5.74) is 1.70. The van der Waals surface area contributed by atoms with Crippen LogP contribution in [-0.2, 0) is 13.0 Å². The van der Waals surface area contributed by atoms with E-state index in [1.807, 2.05) is 35.7 Å². The molecule has 0 saturated carbocycles. The van der Waals surface area contributed by atoms with Crippen molar-refractivity contribution in [1.82, 2.24) is 24.6 Å². The second kappa shape index (κ2) is 7.55. The first kappa shape index (κ1) is 17.2. The van der Waals surface area contributed by atoms with Gasteiger partial charge in [-0.05, 0) is 44.5 Å². The lowest BCUT2D eigenvalue weighted by Gasteiger charge is -2.22. The molecule has 1 aliphatic rings. The maximum atomic E-state index is 13.1. The molecule has 1 aliphatic heterocycles. The van der Waals surface area contributed by atoms with Gasteiger partial charge in [-0.1, -0.05) is 25.1 Å². The normalized spacial score (nSPS) is 15.4. The van der Waals surface area contributed by atoms with Gasteiger partial charge in [-0.2, -0.15) is 5.10 Å². The van der Waals surface area contributed by atoms with Crippen LogP contribution in [0.15, 0.2) is 40.5 Å². The summed E-state index contributed by atoms with van der Waals surface area (Å²) in [5, 5.41) is 11.2. The molecule has 0 radical (unpaired) electrons. The van der Waals surface area contributed by atoms with E-state index in [1.54, 1.807) is 20.6 Å². The molecular formula is C19H23N5OS. The Balaban J connectivity index is 1.75. The summed E-state index contributed by atoms with van der Waals surface area (Å²) in [6.07, 6.45) is 2.91. The average molecular weight is 369 g/mol. The van der Waals surface area contributed by atoms with Crippen molar-refractivity contribution in [2.75, 3.05) is 13.1 Å². The van der Waals surface area contributed by atoms with Gasteiger partial charge in [-0.3, -0.25) is 0 Å². The van der Waals surface area contributed by atoms with E-state index in [0.29, 0.717) is 12.5 Å². The van der Waals surface area contributed by atoms with Crippen LogP contribution in [-0.4, -0.2) is 32.4 Å². The molecule has 0 aliphatic carbocycles. The van der Waals surface area contributed by atoms with Crippen LogP contribution in [0.4, 0.5) is 0 Å². The zero-order valence-corrected chi connectivity index (χ0v) is 15.7. The quantitative estimate of drug-likeness (QED) is 0.751. The molecule has 1 N–H and O–H groups in total. The van der Waals surface area contributed by atoms with E-state index in [9.17, 15) is 4.79 Å². The fourth-order valence-corrected chi connectivity index (χ4v) is 4.17. The number of benzene rings is 1. The highest BCUT2D eigenvalue weighted by atomic mass is 32.1. The zero-order valence-electron chi connectivity index (χ0n) is 14.9. The molecule has 0 bridgehead atoms. The number of aromatic nitrogens is 4. The van der Waals surface area contributed by atoms with Gasteiger partial charge < -0.3 is 5.32 Å². The first-order valence-electron chi connectivity index (χ1n) is 9.15. The molecular weight excluding hydrogens is 346 g/mol. The van der Waals surface area contributed by atoms with Crippen molar-refractivity contribution in [3.05, 3.63) is 62.7 Å². The van der Waals surface area contributed by atoms with Crippen LogP contribution < -0.4 is 11.0 Å². The van der Waals surface area contributed by atoms with E-state index >= 15 is 0 Å². The molecule has 1 fully saturated rings. The van der Waals surface area contributed by atoms with Gasteiger partial charge in [0.2, 0.25) is 0 Å². The maximum absolute atomic E-state index is 13.1. The molecule has 3 aromatic rings. The van der Waals surface area contributed by atoms with Gasteiger partial charge >= 0.3 is 5.69 Å². The molecule has 1 saturated heterocycles. The number of piperidine rings is 1. The van der Waals surface area contributed by atoms with Crippen LogP contribution in [0.3, 0.4) is 0 Å². The Morgan fingerprint density at radius 2 is 2.00 bits per heavy atom. The molecule has 2 aromatic heterocycles. The van der Waals surface area contributed by atoms with Gasteiger partial charge in [0.15, 0.2) is 0 Å². The second-order valence-corrected chi connectivity index (χ2v) is 7.52. The van der Waals surface area contributed by atoms with Crippen LogP contribution >= 0.6 is 11.3 Å². The highest BCUT2D eigenvalue weighted by Crippen LogP contribution is 2.25. The minimum Gasteiger partial charge on any atom is -0.317 e. The summed E-state index contributed by atoms with van der Waals surface area (Å²) in [6.45, 7) is 4.44. The third-order valence-electron chi connectivity index (χ3n) is 4.80. The first-order valence-corrected chi connectivity index (χ1v) is 10.0. The van der Waals surface area contributed by atoms with Crippen LogP contribution in [0.25, 0.3) is 5.69 Å². The largest absolute Gasteiger partial charge is 0.350 e. The number of hydrogen-bond donors (Lipinski definition) is 1. The maximum Gasteiger partial charge on any atom is 0.350 e. The highest BCUT2D eigenvalue weighted by molar-refractivity contribution is 7.09. The number of hydrogen-bond acceptors (Lipinski definition) is 5. The van der Waals surface area contributed by atoms with Crippen molar-refractivity contribution in [3.63, 3.8) is 0 Å². The molecule has 26 heavy (non-hydrogen) atoms. The van der Waals surface area contributed by atoms with Crippen LogP contribution in [0, 0.1) is 0 Å². The number of thiazole rings is 1. The van der Waals surface area contributed by atoms with E-state index < -0.39 is 0 Å². The minimum absolute atomic E-state index is 0.0872. The van der Waals surface area contributed by atoms with Gasteiger partial charge in [0.25, 0.3) is 0 Å². The lowest BCUT2D eigenvalue weighted by atomic mass is 9.97. The van der Waals surface area contributed by atoms with E-state index in [1.165, 1.54) is 0 Å². The summed E-state index contributed by atoms with van der Waals surface area (Å²) in [5.74, 6) is 1.17. The topological polar surface area (TPSA) is 64.7 Å². The molecule has 136 valence electrons. The molecule has 1 aromatic carbocycles. The molecule has 0 unspecified atom stereocenters. The Kier molecular flexibility index (Phi) is 4.99. The van der Waals surface area contributed by atoms with Crippen LogP contribution in [0.2, 0.25) is 0 Å². The number of nitrogens with one attached hydrogen (secondary N) is 1. The first-order chi connectivity index (χ1) is 12.8. The fourth-order valence-electron chi connectivity index (χ4n) is 3.43. The van der Waals surface area contributed by atoms with Gasteiger partial charge in [-0.25, -0.2) is 19.0 Å². The predicted octanol–water partition coefficient (Wildman–Crippen LogP) is 2.57. The summed E-state index contributed by atoms with van der Waals surface area (Å²) < 4.78 is 3.35. The van der Waals surface area contributed by atoms with Gasteiger partial charge in [-0.15, -0.1) is 11.3 Å². The SMILES string of the molecule is CCc1nc(Cn2nc(C3CCNCC3)n(-c3ccccc3)c2=O)cs1. The van der Waals surface area contributed by atoms with E-state index in [4.69, 9.17) is 5.10 Å². The highest BCUT2D eigenvalue weighted by Gasteiger charge is 2.25. The number of nitrogens with zero attached hydrogens (tertiary/aromatic N) is 4. The van der Waals surface area contributed by atoms with Crippen LogP contribution in [0.5, 0.6) is 0 Å². The second-order valence-electron chi connectivity index (χ2n) is 6.58. The Bertz CT molecular complexity index is 921. The summed E-state index contributed by atoms with van der Waals surface area (Å²) >= 11 is 1.64. The lowest BCUT2D eigenvalue weighted by molar-refractivity contribution is 0.438. The standard InChI is InChI=1S/C19H23N5OS/c1-2-17-21-15(13-26-17)12-23-19(25)24(16-6-4-3-5-7-16)18(22-23)14-8-10-20-11-9-14/h3-7,13-14,20H,2,8-12H2,1H3. The Labute approximate surface area is 156 Å². The molecule has 0 amide bonds. The lowest BCUT2D eigenvalue weighted by Crippen LogP contribution is -2.29. The van der Waals surface area contributed by atoms with Gasteiger partial charge in [0, 0.05) is 11.3 Å². The van der Waals surface area contributed by atoms with E-state index in [0.717, 1.165) is 54.6 Å². The smallest absolute Gasteiger partial charge is 0.317 e. The van der Waals surface area contributed by atoms with Crippen LogP contribution in [0.1, 0.15) is 42.2 Å².